The van der Waals surface area contributed by atoms with Gasteiger partial charge in [0.15, 0.2) is 5.76 Å². The van der Waals surface area contributed by atoms with E-state index in [1.165, 1.54) is 25.5 Å². The Kier molecular flexibility index (Phi) is 4.81. The van der Waals surface area contributed by atoms with Gasteiger partial charge in [-0.2, -0.15) is 0 Å². The van der Waals surface area contributed by atoms with E-state index in [9.17, 15) is 4.79 Å². The number of hydrogen-bond acceptors (Lipinski definition) is 3. The maximum atomic E-state index is 11.9. The highest BCUT2D eigenvalue weighted by molar-refractivity contribution is 5.91. The summed E-state index contributed by atoms with van der Waals surface area (Å²) < 4.78 is 5.09. The zero-order chi connectivity index (χ0) is 12.8. The van der Waals surface area contributed by atoms with E-state index in [2.05, 4.69) is 5.32 Å². The molecule has 1 heterocycles. The molecule has 1 fully saturated rings. The van der Waals surface area contributed by atoms with Crippen LogP contribution in [0.25, 0.3) is 0 Å². The summed E-state index contributed by atoms with van der Waals surface area (Å²) in [5, 5.41) is 12.1. The molecule has 2 rings (SSSR count). The molecule has 1 saturated carbocycles. The van der Waals surface area contributed by atoms with Crippen molar-refractivity contribution in [3.8, 4) is 0 Å². The third-order valence-corrected chi connectivity index (χ3v) is 3.72. The molecule has 0 aliphatic heterocycles. The van der Waals surface area contributed by atoms with Crippen LogP contribution in [0.5, 0.6) is 0 Å². The number of carbonyl (C=O) groups is 1. The first-order valence-corrected chi connectivity index (χ1v) is 6.76. The summed E-state index contributed by atoms with van der Waals surface area (Å²) in [6, 6.07) is 3.43. The Labute approximate surface area is 107 Å². The summed E-state index contributed by atoms with van der Waals surface area (Å²) >= 11 is 0. The van der Waals surface area contributed by atoms with Crippen LogP contribution in [-0.2, 0) is 0 Å². The molecule has 1 aromatic rings. The number of aliphatic hydroxyl groups excluding tert-OH is 1. The van der Waals surface area contributed by atoms with E-state index >= 15 is 0 Å². The fraction of sp³-hybridized carbons (Fsp3) is 0.643. The largest absolute Gasteiger partial charge is 0.459 e. The highest BCUT2D eigenvalue weighted by Crippen LogP contribution is 2.27. The predicted molar refractivity (Wildman–Crippen MR) is 68.2 cm³/mol. The van der Waals surface area contributed by atoms with Gasteiger partial charge >= 0.3 is 0 Å². The molecule has 0 saturated heterocycles. The Hall–Kier alpha value is -1.29. The van der Waals surface area contributed by atoms with Crippen LogP contribution in [0.15, 0.2) is 22.8 Å². The van der Waals surface area contributed by atoms with Crippen molar-refractivity contribution in [1.29, 1.82) is 0 Å². The second-order valence-corrected chi connectivity index (χ2v) is 4.97. The first kappa shape index (κ1) is 13.1. The number of rotatable bonds is 5. The molecular weight excluding hydrogens is 230 g/mol. The highest BCUT2D eigenvalue weighted by Gasteiger charge is 2.25. The van der Waals surface area contributed by atoms with Gasteiger partial charge in [0, 0.05) is 12.6 Å². The van der Waals surface area contributed by atoms with Gasteiger partial charge in [-0.3, -0.25) is 4.79 Å². The van der Waals surface area contributed by atoms with E-state index < -0.39 is 0 Å². The zero-order valence-electron chi connectivity index (χ0n) is 10.6. The van der Waals surface area contributed by atoms with Gasteiger partial charge in [-0.1, -0.05) is 19.3 Å². The SMILES string of the molecule is O=C(NC(CCO)C1CCCCC1)c1ccco1. The van der Waals surface area contributed by atoms with E-state index in [0.717, 1.165) is 12.8 Å². The molecule has 0 radical (unpaired) electrons. The normalized spacial score (nSPS) is 18.5. The Morgan fingerprint density at radius 3 is 2.83 bits per heavy atom. The topological polar surface area (TPSA) is 62.5 Å². The van der Waals surface area contributed by atoms with Gasteiger partial charge < -0.3 is 14.8 Å². The van der Waals surface area contributed by atoms with Crippen molar-refractivity contribution in [2.24, 2.45) is 5.92 Å². The van der Waals surface area contributed by atoms with E-state index in [1.54, 1.807) is 12.1 Å². The highest BCUT2D eigenvalue weighted by atomic mass is 16.3. The van der Waals surface area contributed by atoms with Crippen molar-refractivity contribution in [2.75, 3.05) is 6.61 Å². The van der Waals surface area contributed by atoms with Gasteiger partial charge in [0.1, 0.15) is 0 Å². The lowest BCUT2D eigenvalue weighted by Gasteiger charge is -2.30. The lowest BCUT2D eigenvalue weighted by atomic mass is 9.82. The molecule has 0 aromatic carbocycles. The van der Waals surface area contributed by atoms with Crippen LogP contribution in [0.1, 0.15) is 49.1 Å². The molecule has 1 aliphatic carbocycles. The van der Waals surface area contributed by atoms with Gasteiger partial charge in [0.25, 0.3) is 5.91 Å². The minimum atomic E-state index is -0.177. The van der Waals surface area contributed by atoms with E-state index in [0.29, 0.717) is 18.1 Å². The first-order chi connectivity index (χ1) is 8.81. The smallest absolute Gasteiger partial charge is 0.287 e. The summed E-state index contributed by atoms with van der Waals surface area (Å²) in [6.45, 7) is 0.111. The van der Waals surface area contributed by atoms with Crippen LogP contribution in [0.3, 0.4) is 0 Å². The fourth-order valence-corrected chi connectivity index (χ4v) is 2.75. The lowest BCUT2D eigenvalue weighted by Crippen LogP contribution is -2.41. The molecule has 100 valence electrons. The molecule has 0 bridgehead atoms. The van der Waals surface area contributed by atoms with E-state index in [4.69, 9.17) is 9.52 Å². The Morgan fingerprint density at radius 1 is 1.44 bits per heavy atom. The molecule has 0 spiro atoms. The average Bonchev–Trinajstić information content (AvgIpc) is 2.93. The van der Waals surface area contributed by atoms with Crippen LogP contribution in [-0.4, -0.2) is 23.7 Å². The number of aliphatic hydroxyl groups is 1. The van der Waals surface area contributed by atoms with Gasteiger partial charge in [-0.05, 0) is 37.3 Å². The molecule has 4 heteroatoms. The van der Waals surface area contributed by atoms with Crippen molar-refractivity contribution in [3.05, 3.63) is 24.2 Å². The van der Waals surface area contributed by atoms with Gasteiger partial charge in [-0.25, -0.2) is 0 Å². The minimum Gasteiger partial charge on any atom is -0.459 e. The Balaban J connectivity index is 1.94. The Bertz CT molecular complexity index is 355. The quantitative estimate of drug-likeness (QED) is 0.844. The molecule has 1 aromatic heterocycles. The van der Waals surface area contributed by atoms with Crippen molar-refractivity contribution in [1.82, 2.24) is 5.32 Å². The van der Waals surface area contributed by atoms with Crippen LogP contribution >= 0.6 is 0 Å². The fourth-order valence-electron chi connectivity index (χ4n) is 2.75. The van der Waals surface area contributed by atoms with Crippen molar-refractivity contribution >= 4 is 5.91 Å². The van der Waals surface area contributed by atoms with E-state index in [-0.39, 0.29) is 18.6 Å². The Morgan fingerprint density at radius 2 is 2.22 bits per heavy atom. The maximum absolute atomic E-state index is 11.9. The van der Waals surface area contributed by atoms with Crippen LogP contribution in [0.2, 0.25) is 0 Å². The molecule has 1 atom stereocenters. The number of amides is 1. The molecule has 2 N–H and O–H groups in total. The van der Waals surface area contributed by atoms with Gasteiger partial charge in [-0.15, -0.1) is 0 Å². The molecule has 1 amide bonds. The molecule has 4 nitrogen and oxygen atoms in total. The summed E-state index contributed by atoms with van der Waals surface area (Å²) in [7, 11) is 0. The van der Waals surface area contributed by atoms with Gasteiger partial charge in [0.05, 0.1) is 6.26 Å². The van der Waals surface area contributed by atoms with Crippen LogP contribution < -0.4 is 5.32 Å². The minimum absolute atomic E-state index is 0.0629. The molecule has 18 heavy (non-hydrogen) atoms. The van der Waals surface area contributed by atoms with Crippen LogP contribution in [0, 0.1) is 5.92 Å². The van der Waals surface area contributed by atoms with E-state index in [1.807, 2.05) is 0 Å². The third-order valence-electron chi connectivity index (χ3n) is 3.72. The standard InChI is InChI=1S/C14H21NO3/c16-9-8-12(11-5-2-1-3-6-11)15-14(17)13-7-4-10-18-13/h4,7,10-12,16H,1-3,5-6,8-9H2,(H,15,17). The van der Waals surface area contributed by atoms with Crippen molar-refractivity contribution in [3.63, 3.8) is 0 Å². The average molecular weight is 251 g/mol. The molecular formula is C14H21NO3. The summed E-state index contributed by atoms with van der Waals surface area (Å²) in [5.74, 6) is 0.655. The summed E-state index contributed by atoms with van der Waals surface area (Å²) in [6.07, 6.45) is 8.14. The predicted octanol–water partition coefficient (Wildman–Crippen LogP) is 2.34. The van der Waals surface area contributed by atoms with Crippen molar-refractivity contribution in [2.45, 2.75) is 44.6 Å². The summed E-state index contributed by atoms with van der Waals surface area (Å²) in [5.41, 5.74) is 0. The third kappa shape index (κ3) is 3.35. The zero-order valence-corrected chi connectivity index (χ0v) is 10.6. The number of carbonyl (C=O) groups excluding carboxylic acids is 1. The summed E-state index contributed by atoms with van der Waals surface area (Å²) in [4.78, 5) is 11.9. The number of nitrogens with one attached hydrogen (secondary N) is 1. The molecule has 1 unspecified atom stereocenters. The number of furan rings is 1. The van der Waals surface area contributed by atoms with Gasteiger partial charge in [0.2, 0.25) is 0 Å². The second kappa shape index (κ2) is 6.59. The van der Waals surface area contributed by atoms with Crippen LogP contribution in [0.4, 0.5) is 0 Å². The maximum Gasteiger partial charge on any atom is 0.287 e. The number of hydrogen-bond donors (Lipinski definition) is 2. The monoisotopic (exact) mass is 251 g/mol. The first-order valence-electron chi connectivity index (χ1n) is 6.76. The lowest BCUT2D eigenvalue weighted by molar-refractivity contribution is 0.0871. The molecule has 1 aliphatic rings. The van der Waals surface area contributed by atoms with Crippen molar-refractivity contribution < 1.29 is 14.3 Å². The second-order valence-electron chi connectivity index (χ2n) is 4.97.